The lowest BCUT2D eigenvalue weighted by Crippen LogP contribution is -2.30. The second-order valence-electron chi connectivity index (χ2n) is 4.78. The van der Waals surface area contributed by atoms with Gasteiger partial charge in [-0.1, -0.05) is 32.0 Å². The zero-order chi connectivity index (χ0) is 11.8. The molecule has 3 nitrogen and oxygen atoms in total. The minimum atomic E-state index is -3.08. The van der Waals surface area contributed by atoms with Crippen molar-refractivity contribution in [3.8, 4) is 0 Å². The number of rotatable bonds is 2. The Labute approximate surface area is 96.9 Å². The first kappa shape index (κ1) is 11.6. The summed E-state index contributed by atoms with van der Waals surface area (Å²) in [6.07, 6.45) is 1.04. The van der Waals surface area contributed by atoms with Gasteiger partial charge in [-0.2, -0.15) is 0 Å². The molecule has 0 fully saturated rings. The van der Waals surface area contributed by atoms with Crippen molar-refractivity contribution in [2.75, 3.05) is 0 Å². The van der Waals surface area contributed by atoms with Crippen molar-refractivity contribution in [3.05, 3.63) is 34.9 Å². The molecule has 1 aromatic rings. The molecule has 88 valence electrons. The first-order valence-electron chi connectivity index (χ1n) is 5.54. The van der Waals surface area contributed by atoms with E-state index in [4.69, 9.17) is 0 Å². The van der Waals surface area contributed by atoms with Gasteiger partial charge in [-0.3, -0.25) is 0 Å². The largest absolute Gasteiger partial charge is 0.216 e. The zero-order valence-corrected chi connectivity index (χ0v) is 10.5. The summed E-state index contributed by atoms with van der Waals surface area (Å²) in [5.41, 5.74) is 3.34. The first-order valence-corrected chi connectivity index (χ1v) is 7.19. The van der Waals surface area contributed by atoms with Crippen LogP contribution in [0.25, 0.3) is 0 Å². The lowest BCUT2D eigenvalue weighted by Gasteiger charge is -2.18. The topological polar surface area (TPSA) is 46.2 Å². The Kier molecular flexibility index (Phi) is 3.04. The standard InChI is InChI=1S/C12H17NO2S/c1-9(2)5-10-3-4-11-8-16(14,15)13-7-12(11)6-10/h3-4,6,9,13H,5,7-8H2,1-2H3. The number of hydrogen-bond acceptors (Lipinski definition) is 2. The first-order chi connectivity index (χ1) is 7.46. The van der Waals surface area contributed by atoms with Crippen LogP contribution in [0, 0.1) is 5.92 Å². The molecule has 4 heteroatoms. The summed E-state index contributed by atoms with van der Waals surface area (Å²) < 4.78 is 25.3. The second kappa shape index (κ2) is 4.18. The van der Waals surface area contributed by atoms with Crippen LogP contribution in [-0.4, -0.2) is 8.42 Å². The molecular formula is C12H17NO2S. The fourth-order valence-corrected chi connectivity index (χ4v) is 3.20. The van der Waals surface area contributed by atoms with E-state index < -0.39 is 10.0 Å². The van der Waals surface area contributed by atoms with Crippen LogP contribution < -0.4 is 4.72 Å². The van der Waals surface area contributed by atoms with Gasteiger partial charge < -0.3 is 0 Å². The molecule has 0 aliphatic carbocycles. The van der Waals surface area contributed by atoms with E-state index in [1.807, 2.05) is 12.1 Å². The van der Waals surface area contributed by atoms with Crippen LogP contribution in [0.1, 0.15) is 30.5 Å². The van der Waals surface area contributed by atoms with Crippen LogP contribution in [0.3, 0.4) is 0 Å². The van der Waals surface area contributed by atoms with Crippen LogP contribution in [-0.2, 0) is 28.7 Å². The maximum Gasteiger partial charge on any atom is 0.216 e. The third-order valence-corrected chi connectivity index (χ3v) is 4.02. The predicted molar refractivity (Wildman–Crippen MR) is 64.4 cm³/mol. The summed E-state index contributed by atoms with van der Waals surface area (Å²) in [7, 11) is -3.08. The summed E-state index contributed by atoms with van der Waals surface area (Å²) in [6, 6.07) is 6.11. The average Bonchev–Trinajstić information content (AvgIpc) is 2.16. The van der Waals surface area contributed by atoms with Crippen LogP contribution >= 0.6 is 0 Å². The number of benzene rings is 1. The van der Waals surface area contributed by atoms with Gasteiger partial charge in [-0.25, -0.2) is 13.1 Å². The van der Waals surface area contributed by atoms with Crippen LogP contribution in [0.15, 0.2) is 18.2 Å². The maximum absolute atomic E-state index is 11.4. The minimum Gasteiger partial charge on any atom is -0.212 e. The van der Waals surface area contributed by atoms with E-state index >= 15 is 0 Å². The third kappa shape index (κ3) is 2.62. The quantitative estimate of drug-likeness (QED) is 0.855. The lowest BCUT2D eigenvalue weighted by atomic mass is 9.98. The summed E-state index contributed by atoms with van der Waals surface area (Å²) in [6.45, 7) is 4.80. The molecule has 0 saturated carbocycles. The SMILES string of the molecule is CC(C)Cc1ccc2c(c1)CNS(=O)(=O)C2. The van der Waals surface area contributed by atoms with E-state index in [-0.39, 0.29) is 5.75 Å². The molecule has 0 unspecified atom stereocenters. The van der Waals surface area contributed by atoms with Crippen molar-refractivity contribution in [2.24, 2.45) is 5.92 Å². The van der Waals surface area contributed by atoms with E-state index in [0.717, 1.165) is 17.5 Å². The Morgan fingerprint density at radius 2 is 2.06 bits per heavy atom. The van der Waals surface area contributed by atoms with E-state index in [1.54, 1.807) is 0 Å². The number of sulfonamides is 1. The maximum atomic E-state index is 11.4. The highest BCUT2D eigenvalue weighted by Crippen LogP contribution is 2.20. The van der Waals surface area contributed by atoms with Gasteiger partial charge in [0.05, 0.1) is 5.75 Å². The van der Waals surface area contributed by atoms with Crippen LogP contribution in [0.2, 0.25) is 0 Å². The lowest BCUT2D eigenvalue weighted by molar-refractivity contribution is 0.575. The molecule has 0 saturated heterocycles. The van der Waals surface area contributed by atoms with Crippen molar-refractivity contribution >= 4 is 10.0 Å². The fraction of sp³-hybridized carbons (Fsp3) is 0.500. The van der Waals surface area contributed by atoms with Crippen molar-refractivity contribution in [1.82, 2.24) is 4.72 Å². The highest BCUT2D eigenvalue weighted by atomic mass is 32.2. The summed E-state index contributed by atoms with van der Waals surface area (Å²) >= 11 is 0. The Balaban J connectivity index is 2.28. The van der Waals surface area contributed by atoms with E-state index in [9.17, 15) is 8.42 Å². The minimum absolute atomic E-state index is 0.115. The Morgan fingerprint density at radius 3 is 2.75 bits per heavy atom. The molecule has 0 radical (unpaired) electrons. The molecule has 1 heterocycles. The molecule has 0 aromatic heterocycles. The molecule has 1 aliphatic rings. The molecule has 0 atom stereocenters. The van der Waals surface area contributed by atoms with Crippen molar-refractivity contribution < 1.29 is 8.42 Å². The van der Waals surface area contributed by atoms with Gasteiger partial charge in [0.15, 0.2) is 0 Å². The average molecular weight is 239 g/mol. The summed E-state index contributed by atoms with van der Waals surface area (Å²) in [5.74, 6) is 0.739. The van der Waals surface area contributed by atoms with Gasteiger partial charge in [0.1, 0.15) is 0 Å². The Bertz CT molecular complexity index is 492. The summed E-state index contributed by atoms with van der Waals surface area (Å²) in [5, 5.41) is 0. The highest BCUT2D eigenvalue weighted by molar-refractivity contribution is 7.88. The Morgan fingerprint density at radius 1 is 1.31 bits per heavy atom. The monoisotopic (exact) mass is 239 g/mol. The number of hydrogen-bond donors (Lipinski definition) is 1. The normalized spacial score (nSPS) is 18.4. The second-order valence-corrected chi connectivity index (χ2v) is 6.59. The van der Waals surface area contributed by atoms with Crippen molar-refractivity contribution in [1.29, 1.82) is 0 Å². The van der Waals surface area contributed by atoms with E-state index in [1.165, 1.54) is 5.56 Å². The highest BCUT2D eigenvalue weighted by Gasteiger charge is 2.20. The molecule has 0 amide bonds. The van der Waals surface area contributed by atoms with Gasteiger partial charge in [0.25, 0.3) is 0 Å². The fourth-order valence-electron chi connectivity index (χ4n) is 2.03. The number of fused-ring (bicyclic) bond motifs is 1. The van der Waals surface area contributed by atoms with Gasteiger partial charge >= 0.3 is 0 Å². The predicted octanol–water partition coefficient (Wildman–Crippen LogP) is 1.82. The van der Waals surface area contributed by atoms with Crippen LogP contribution in [0.5, 0.6) is 0 Å². The zero-order valence-electron chi connectivity index (χ0n) is 9.66. The van der Waals surface area contributed by atoms with Gasteiger partial charge in [0, 0.05) is 6.54 Å². The van der Waals surface area contributed by atoms with Crippen molar-refractivity contribution in [2.45, 2.75) is 32.6 Å². The van der Waals surface area contributed by atoms with Gasteiger partial charge in [0.2, 0.25) is 10.0 Å². The van der Waals surface area contributed by atoms with E-state index in [2.05, 4.69) is 24.6 Å². The van der Waals surface area contributed by atoms with Gasteiger partial charge in [-0.15, -0.1) is 0 Å². The number of nitrogens with one attached hydrogen (secondary N) is 1. The summed E-state index contributed by atoms with van der Waals surface area (Å²) in [4.78, 5) is 0. The molecule has 2 rings (SSSR count). The smallest absolute Gasteiger partial charge is 0.212 e. The van der Waals surface area contributed by atoms with Crippen molar-refractivity contribution in [3.63, 3.8) is 0 Å². The van der Waals surface area contributed by atoms with E-state index in [0.29, 0.717) is 12.5 Å². The Hall–Kier alpha value is -0.870. The molecule has 1 aromatic carbocycles. The third-order valence-electron chi connectivity index (χ3n) is 2.74. The molecule has 0 spiro atoms. The van der Waals surface area contributed by atoms with Gasteiger partial charge in [-0.05, 0) is 29.0 Å². The molecule has 0 bridgehead atoms. The van der Waals surface area contributed by atoms with Crippen LogP contribution in [0.4, 0.5) is 0 Å². The molecule has 1 N–H and O–H groups in total. The molecule has 1 aliphatic heterocycles. The molecular weight excluding hydrogens is 222 g/mol. The molecule has 16 heavy (non-hydrogen) atoms.